The lowest BCUT2D eigenvalue weighted by Crippen LogP contribution is -2.14. The first-order valence-corrected chi connectivity index (χ1v) is 7.93. The molecule has 0 spiro atoms. The van der Waals surface area contributed by atoms with Gasteiger partial charge in [0.15, 0.2) is 4.96 Å². The van der Waals surface area contributed by atoms with Crippen molar-refractivity contribution in [3.05, 3.63) is 72.0 Å². The van der Waals surface area contributed by atoms with Crippen LogP contribution < -0.4 is 5.32 Å². The van der Waals surface area contributed by atoms with Crippen molar-refractivity contribution in [2.24, 2.45) is 0 Å². The second kappa shape index (κ2) is 5.66. The Morgan fingerprint density at radius 1 is 1.09 bits per heavy atom. The summed E-state index contributed by atoms with van der Waals surface area (Å²) in [6.45, 7) is 0. The van der Waals surface area contributed by atoms with Crippen molar-refractivity contribution in [3.8, 4) is 11.3 Å². The number of anilines is 1. The van der Waals surface area contributed by atoms with E-state index in [0.29, 0.717) is 11.5 Å². The molecule has 4 rings (SSSR count). The summed E-state index contributed by atoms with van der Waals surface area (Å²) in [4.78, 5) is 21.9. The van der Waals surface area contributed by atoms with E-state index >= 15 is 0 Å². The van der Waals surface area contributed by atoms with Gasteiger partial charge >= 0.3 is 0 Å². The van der Waals surface area contributed by atoms with Crippen LogP contribution in [0, 0.1) is 0 Å². The topological polar surface area (TPSA) is 59.3 Å². The SMILES string of the molecule is O=C(Nc1ccccn1)c1csc2nc(-c3ccccc3)cn12. The molecule has 0 aliphatic carbocycles. The predicted molar refractivity (Wildman–Crippen MR) is 90.7 cm³/mol. The van der Waals surface area contributed by atoms with Crippen LogP contribution in [0.15, 0.2) is 66.3 Å². The molecule has 1 N–H and O–H groups in total. The minimum Gasteiger partial charge on any atom is -0.305 e. The molecule has 0 unspecified atom stereocenters. The van der Waals surface area contributed by atoms with Crippen LogP contribution in [0.5, 0.6) is 0 Å². The summed E-state index contributed by atoms with van der Waals surface area (Å²) in [5.74, 6) is 0.326. The van der Waals surface area contributed by atoms with Gasteiger partial charge in [-0.15, -0.1) is 11.3 Å². The molecular formula is C17H12N4OS. The van der Waals surface area contributed by atoms with Crippen molar-refractivity contribution in [3.63, 3.8) is 0 Å². The van der Waals surface area contributed by atoms with Crippen molar-refractivity contribution in [1.29, 1.82) is 0 Å². The van der Waals surface area contributed by atoms with Crippen LogP contribution >= 0.6 is 11.3 Å². The number of amides is 1. The molecule has 112 valence electrons. The molecule has 0 aliphatic heterocycles. The number of thiazole rings is 1. The number of carbonyl (C=O) groups excluding carboxylic acids is 1. The van der Waals surface area contributed by atoms with Crippen LogP contribution in [0.25, 0.3) is 16.2 Å². The largest absolute Gasteiger partial charge is 0.305 e. The summed E-state index contributed by atoms with van der Waals surface area (Å²) in [6.07, 6.45) is 3.53. The van der Waals surface area contributed by atoms with Crippen molar-refractivity contribution in [1.82, 2.24) is 14.4 Å². The number of imidazole rings is 1. The zero-order valence-corrected chi connectivity index (χ0v) is 12.8. The molecule has 6 heteroatoms. The second-order valence-electron chi connectivity index (χ2n) is 4.93. The van der Waals surface area contributed by atoms with Gasteiger partial charge in [0.2, 0.25) is 0 Å². The molecule has 1 amide bonds. The van der Waals surface area contributed by atoms with Gasteiger partial charge in [-0.1, -0.05) is 36.4 Å². The number of nitrogens with one attached hydrogen (secondary N) is 1. The number of pyridine rings is 1. The van der Waals surface area contributed by atoms with E-state index in [1.165, 1.54) is 11.3 Å². The molecule has 4 aromatic rings. The third-order valence-corrected chi connectivity index (χ3v) is 4.26. The van der Waals surface area contributed by atoms with Gasteiger partial charge in [-0.3, -0.25) is 9.20 Å². The lowest BCUT2D eigenvalue weighted by Gasteiger charge is -2.02. The number of nitrogens with zero attached hydrogens (tertiary/aromatic N) is 3. The Bertz CT molecular complexity index is 960. The third-order valence-electron chi connectivity index (χ3n) is 3.42. The summed E-state index contributed by atoms with van der Waals surface area (Å²) in [5.41, 5.74) is 2.43. The first-order chi connectivity index (χ1) is 11.3. The van der Waals surface area contributed by atoms with Gasteiger partial charge in [0.25, 0.3) is 5.91 Å². The molecule has 0 saturated carbocycles. The number of fused-ring (bicyclic) bond motifs is 1. The molecule has 5 nitrogen and oxygen atoms in total. The minimum atomic E-state index is -0.202. The molecule has 3 heterocycles. The van der Waals surface area contributed by atoms with E-state index in [1.54, 1.807) is 23.7 Å². The molecule has 0 atom stereocenters. The number of benzene rings is 1. The summed E-state index contributed by atoms with van der Waals surface area (Å²) in [7, 11) is 0. The van der Waals surface area contributed by atoms with Gasteiger partial charge in [0.05, 0.1) is 5.69 Å². The van der Waals surface area contributed by atoms with Crippen molar-refractivity contribution >= 4 is 28.0 Å². The van der Waals surface area contributed by atoms with Crippen LogP contribution in [-0.4, -0.2) is 20.3 Å². The highest BCUT2D eigenvalue weighted by molar-refractivity contribution is 7.15. The second-order valence-corrected chi connectivity index (χ2v) is 5.77. The Morgan fingerprint density at radius 3 is 2.70 bits per heavy atom. The van der Waals surface area contributed by atoms with E-state index in [-0.39, 0.29) is 5.91 Å². The van der Waals surface area contributed by atoms with E-state index in [4.69, 9.17) is 0 Å². The molecule has 3 aromatic heterocycles. The summed E-state index contributed by atoms with van der Waals surface area (Å²) in [5, 5.41) is 4.59. The Morgan fingerprint density at radius 2 is 1.91 bits per heavy atom. The lowest BCUT2D eigenvalue weighted by atomic mass is 10.2. The fourth-order valence-corrected chi connectivity index (χ4v) is 3.17. The Balaban J connectivity index is 1.68. The fourth-order valence-electron chi connectivity index (χ4n) is 2.31. The number of hydrogen-bond donors (Lipinski definition) is 1. The number of hydrogen-bond acceptors (Lipinski definition) is 4. The molecule has 23 heavy (non-hydrogen) atoms. The van der Waals surface area contributed by atoms with Crippen LogP contribution in [0.1, 0.15) is 10.5 Å². The van der Waals surface area contributed by atoms with Crippen LogP contribution in [0.4, 0.5) is 5.82 Å². The molecule has 0 bridgehead atoms. The van der Waals surface area contributed by atoms with Gasteiger partial charge in [-0.25, -0.2) is 9.97 Å². The van der Waals surface area contributed by atoms with E-state index in [0.717, 1.165) is 16.2 Å². The molecule has 1 aromatic carbocycles. The molecular weight excluding hydrogens is 308 g/mol. The smallest absolute Gasteiger partial charge is 0.274 e. The van der Waals surface area contributed by atoms with Crippen LogP contribution in [0.2, 0.25) is 0 Å². The average Bonchev–Trinajstić information content (AvgIpc) is 3.17. The van der Waals surface area contributed by atoms with Crippen molar-refractivity contribution < 1.29 is 4.79 Å². The van der Waals surface area contributed by atoms with Gasteiger partial charge in [-0.2, -0.15) is 0 Å². The normalized spacial score (nSPS) is 10.8. The maximum atomic E-state index is 12.4. The zero-order chi connectivity index (χ0) is 15.6. The van der Waals surface area contributed by atoms with Gasteiger partial charge in [-0.05, 0) is 12.1 Å². The monoisotopic (exact) mass is 320 g/mol. The maximum Gasteiger partial charge on any atom is 0.274 e. The average molecular weight is 320 g/mol. The van der Waals surface area contributed by atoms with Crippen LogP contribution in [-0.2, 0) is 0 Å². The van der Waals surface area contributed by atoms with E-state index in [2.05, 4.69) is 15.3 Å². The fraction of sp³-hybridized carbons (Fsp3) is 0. The number of rotatable bonds is 3. The summed E-state index contributed by atoms with van der Waals surface area (Å²) >= 11 is 1.44. The Hall–Kier alpha value is -2.99. The number of carbonyl (C=O) groups is 1. The highest BCUT2D eigenvalue weighted by Crippen LogP contribution is 2.23. The summed E-state index contributed by atoms with van der Waals surface area (Å²) < 4.78 is 1.81. The van der Waals surface area contributed by atoms with Gasteiger partial charge in [0, 0.05) is 23.3 Å². The quantitative estimate of drug-likeness (QED) is 0.626. The predicted octanol–water partition coefficient (Wildman–Crippen LogP) is 3.71. The summed E-state index contributed by atoms with van der Waals surface area (Å²) in [6, 6.07) is 15.3. The zero-order valence-electron chi connectivity index (χ0n) is 12.0. The highest BCUT2D eigenvalue weighted by atomic mass is 32.1. The van der Waals surface area contributed by atoms with E-state index in [9.17, 15) is 4.79 Å². The third kappa shape index (κ3) is 2.60. The van der Waals surface area contributed by atoms with Gasteiger partial charge in [0.1, 0.15) is 11.5 Å². The van der Waals surface area contributed by atoms with Crippen molar-refractivity contribution in [2.45, 2.75) is 0 Å². The van der Waals surface area contributed by atoms with Crippen LogP contribution in [0.3, 0.4) is 0 Å². The minimum absolute atomic E-state index is 0.202. The lowest BCUT2D eigenvalue weighted by molar-refractivity contribution is 0.102. The van der Waals surface area contributed by atoms with Gasteiger partial charge < -0.3 is 5.32 Å². The molecule has 0 radical (unpaired) electrons. The number of aromatic nitrogens is 3. The van der Waals surface area contributed by atoms with E-state index in [1.807, 2.05) is 47.0 Å². The Kier molecular flexibility index (Phi) is 3.36. The molecule has 0 fully saturated rings. The Labute approximate surface area is 136 Å². The molecule has 0 saturated heterocycles. The first-order valence-electron chi connectivity index (χ1n) is 7.06. The standard InChI is InChI=1S/C17H12N4OS/c22-16(20-15-8-4-5-9-18-15)14-11-23-17-19-13(10-21(14)17)12-6-2-1-3-7-12/h1-11H,(H,18,20,22). The van der Waals surface area contributed by atoms with E-state index < -0.39 is 0 Å². The molecule has 0 aliphatic rings. The maximum absolute atomic E-state index is 12.4. The first kappa shape index (κ1) is 13.7. The van der Waals surface area contributed by atoms with Crippen molar-refractivity contribution in [2.75, 3.05) is 5.32 Å². The highest BCUT2D eigenvalue weighted by Gasteiger charge is 2.15.